The van der Waals surface area contributed by atoms with E-state index in [1.807, 2.05) is 30.2 Å². The zero-order valence-corrected chi connectivity index (χ0v) is 15.7. The summed E-state index contributed by atoms with van der Waals surface area (Å²) in [5.74, 6) is 0.827. The second-order valence-corrected chi connectivity index (χ2v) is 7.27. The molecule has 0 radical (unpaired) electrons. The Hall–Kier alpha value is -2.55. The minimum Gasteiger partial charge on any atom is -0.381 e. The molecule has 0 saturated carbocycles. The molecule has 0 aromatic carbocycles. The van der Waals surface area contributed by atoms with Crippen molar-refractivity contribution in [3.8, 4) is 0 Å². The van der Waals surface area contributed by atoms with E-state index in [1.54, 1.807) is 0 Å². The highest BCUT2D eigenvalue weighted by atomic mass is 19.4. The van der Waals surface area contributed by atoms with E-state index in [1.165, 1.54) is 0 Å². The molecule has 3 heterocycles. The molecule has 2 aromatic heterocycles. The molecular formula is C19H23F3N6. The standard InChI is InChI=1S/C19H23F3N6/c1-26-7-9-27(10-8-26)17-11-15(23-12-14-5-3-2-4-6-14)18-24-13-16(19(20,21)22)28(18)25-17/h2-5,11,13-14,23H,6-10,12H2,1H3. The minimum absolute atomic E-state index is 0.195. The summed E-state index contributed by atoms with van der Waals surface area (Å²) in [5.41, 5.74) is -0.0927. The molecule has 1 N–H and O–H groups in total. The van der Waals surface area contributed by atoms with Crippen molar-refractivity contribution in [2.45, 2.75) is 12.6 Å². The first-order valence-corrected chi connectivity index (χ1v) is 9.38. The molecule has 9 heteroatoms. The first-order chi connectivity index (χ1) is 13.4. The number of hydrogen-bond donors (Lipinski definition) is 1. The predicted molar refractivity (Wildman–Crippen MR) is 103 cm³/mol. The molecule has 6 nitrogen and oxygen atoms in total. The molecule has 2 aliphatic rings. The molecule has 1 saturated heterocycles. The number of nitrogens with zero attached hydrogens (tertiary/aromatic N) is 5. The molecule has 2 aromatic rings. The SMILES string of the molecule is CN1CCN(c2cc(NCC3C=CC=CC3)c3ncc(C(F)(F)F)n3n2)CC1. The Bertz CT molecular complexity index is 893. The molecule has 150 valence electrons. The number of rotatable bonds is 4. The van der Waals surface area contributed by atoms with Gasteiger partial charge in [0.2, 0.25) is 0 Å². The van der Waals surface area contributed by atoms with Crippen LogP contribution in [0.3, 0.4) is 0 Å². The molecule has 0 amide bonds. The van der Waals surface area contributed by atoms with E-state index < -0.39 is 11.9 Å². The smallest absolute Gasteiger partial charge is 0.381 e. The fourth-order valence-electron chi connectivity index (χ4n) is 3.49. The Morgan fingerprint density at radius 1 is 1.18 bits per heavy atom. The summed E-state index contributed by atoms with van der Waals surface area (Å²) in [6.45, 7) is 3.76. The van der Waals surface area contributed by atoms with Crippen molar-refractivity contribution in [3.05, 3.63) is 42.3 Å². The average molecular weight is 392 g/mol. The Morgan fingerprint density at radius 3 is 2.64 bits per heavy atom. The van der Waals surface area contributed by atoms with Crippen molar-refractivity contribution in [2.24, 2.45) is 5.92 Å². The second-order valence-electron chi connectivity index (χ2n) is 7.27. The lowest BCUT2D eigenvalue weighted by Gasteiger charge is -2.33. The van der Waals surface area contributed by atoms with Gasteiger partial charge in [-0.15, -0.1) is 5.10 Å². The van der Waals surface area contributed by atoms with Crippen LogP contribution in [-0.2, 0) is 6.18 Å². The summed E-state index contributed by atoms with van der Waals surface area (Å²) in [7, 11) is 2.03. The average Bonchev–Trinajstić information content (AvgIpc) is 3.12. The summed E-state index contributed by atoms with van der Waals surface area (Å²) in [4.78, 5) is 8.22. The topological polar surface area (TPSA) is 48.7 Å². The van der Waals surface area contributed by atoms with Crippen molar-refractivity contribution in [1.82, 2.24) is 19.5 Å². The number of alkyl halides is 3. The number of nitrogens with one attached hydrogen (secondary N) is 1. The number of anilines is 2. The molecule has 1 fully saturated rings. The molecule has 1 aliphatic heterocycles. The lowest BCUT2D eigenvalue weighted by molar-refractivity contribution is -0.142. The van der Waals surface area contributed by atoms with E-state index in [0.29, 0.717) is 24.0 Å². The summed E-state index contributed by atoms with van der Waals surface area (Å²) in [5, 5.41) is 7.58. The fourth-order valence-corrected chi connectivity index (χ4v) is 3.49. The largest absolute Gasteiger partial charge is 0.435 e. The summed E-state index contributed by atoms with van der Waals surface area (Å²) in [6, 6.07) is 1.82. The van der Waals surface area contributed by atoms with Crippen LogP contribution in [0.4, 0.5) is 24.7 Å². The van der Waals surface area contributed by atoms with Gasteiger partial charge in [-0.3, -0.25) is 0 Å². The summed E-state index contributed by atoms with van der Waals surface area (Å²) in [6.07, 6.45) is 5.41. The zero-order valence-electron chi connectivity index (χ0n) is 15.7. The van der Waals surface area contributed by atoms with Gasteiger partial charge in [0.15, 0.2) is 17.2 Å². The van der Waals surface area contributed by atoms with Crippen LogP contribution in [0.2, 0.25) is 0 Å². The number of imidazole rings is 1. The maximum Gasteiger partial charge on any atom is 0.435 e. The van der Waals surface area contributed by atoms with E-state index >= 15 is 0 Å². The van der Waals surface area contributed by atoms with Gasteiger partial charge in [0.1, 0.15) is 0 Å². The lowest BCUT2D eigenvalue weighted by Crippen LogP contribution is -2.45. The lowest BCUT2D eigenvalue weighted by atomic mass is 10.0. The predicted octanol–water partition coefficient (Wildman–Crippen LogP) is 3.04. The summed E-state index contributed by atoms with van der Waals surface area (Å²) >= 11 is 0. The van der Waals surface area contributed by atoms with Gasteiger partial charge < -0.3 is 15.1 Å². The van der Waals surface area contributed by atoms with Crippen LogP contribution in [0, 0.1) is 5.92 Å². The van der Waals surface area contributed by atoms with Gasteiger partial charge >= 0.3 is 6.18 Å². The van der Waals surface area contributed by atoms with Crippen LogP contribution in [0.5, 0.6) is 0 Å². The highest BCUT2D eigenvalue weighted by Crippen LogP contribution is 2.32. The molecule has 1 aliphatic carbocycles. The number of hydrogen-bond acceptors (Lipinski definition) is 5. The van der Waals surface area contributed by atoms with Crippen LogP contribution in [-0.4, -0.2) is 59.3 Å². The third-order valence-electron chi connectivity index (χ3n) is 5.20. The van der Waals surface area contributed by atoms with Crippen LogP contribution in [0.25, 0.3) is 5.65 Å². The quantitative estimate of drug-likeness (QED) is 0.867. The van der Waals surface area contributed by atoms with Gasteiger partial charge in [-0.05, 0) is 19.4 Å². The minimum atomic E-state index is -4.51. The van der Waals surface area contributed by atoms with Crippen LogP contribution >= 0.6 is 0 Å². The normalized spacial score (nSPS) is 20.9. The summed E-state index contributed by atoms with van der Waals surface area (Å²) < 4.78 is 41.2. The monoisotopic (exact) mass is 392 g/mol. The number of piperazine rings is 1. The molecule has 0 spiro atoms. The van der Waals surface area contributed by atoms with E-state index in [2.05, 4.69) is 32.5 Å². The Labute approximate surface area is 161 Å². The molecule has 0 bridgehead atoms. The van der Waals surface area contributed by atoms with Gasteiger partial charge in [-0.2, -0.15) is 13.2 Å². The maximum absolute atomic E-state index is 13.4. The van der Waals surface area contributed by atoms with Crippen molar-refractivity contribution in [3.63, 3.8) is 0 Å². The highest BCUT2D eigenvalue weighted by molar-refractivity contribution is 5.71. The number of allylic oxidation sites excluding steroid dienone is 3. The van der Waals surface area contributed by atoms with E-state index in [9.17, 15) is 13.2 Å². The third kappa shape index (κ3) is 3.84. The Balaban J connectivity index is 1.68. The van der Waals surface area contributed by atoms with Crippen LogP contribution < -0.4 is 10.2 Å². The van der Waals surface area contributed by atoms with Gasteiger partial charge in [-0.25, -0.2) is 9.50 Å². The number of aromatic nitrogens is 3. The highest BCUT2D eigenvalue weighted by Gasteiger charge is 2.36. The number of likely N-dealkylation sites (N-methyl/N-ethyl adjacent to an activating group) is 1. The van der Waals surface area contributed by atoms with Crippen molar-refractivity contribution in [1.29, 1.82) is 0 Å². The van der Waals surface area contributed by atoms with Crippen molar-refractivity contribution >= 4 is 17.2 Å². The first-order valence-electron chi connectivity index (χ1n) is 9.38. The van der Waals surface area contributed by atoms with Gasteiger partial charge in [0, 0.05) is 38.8 Å². The molecule has 28 heavy (non-hydrogen) atoms. The van der Waals surface area contributed by atoms with E-state index in [0.717, 1.165) is 43.3 Å². The molecular weight excluding hydrogens is 369 g/mol. The molecule has 1 atom stereocenters. The van der Waals surface area contributed by atoms with Gasteiger partial charge in [-0.1, -0.05) is 24.3 Å². The molecule has 4 rings (SSSR count). The molecule has 1 unspecified atom stereocenters. The fraction of sp³-hybridized carbons (Fsp3) is 0.474. The van der Waals surface area contributed by atoms with E-state index in [4.69, 9.17) is 0 Å². The third-order valence-corrected chi connectivity index (χ3v) is 5.20. The van der Waals surface area contributed by atoms with Crippen molar-refractivity contribution < 1.29 is 13.2 Å². The number of halogens is 3. The van der Waals surface area contributed by atoms with Crippen molar-refractivity contribution in [2.75, 3.05) is 50.0 Å². The second kappa shape index (κ2) is 7.46. The van der Waals surface area contributed by atoms with E-state index in [-0.39, 0.29) is 5.65 Å². The van der Waals surface area contributed by atoms with Crippen LogP contribution in [0.15, 0.2) is 36.6 Å². The van der Waals surface area contributed by atoms with Gasteiger partial charge in [0.05, 0.1) is 11.9 Å². The Kier molecular flexibility index (Phi) is 5.01. The van der Waals surface area contributed by atoms with Gasteiger partial charge in [0.25, 0.3) is 0 Å². The Morgan fingerprint density at radius 2 is 1.96 bits per heavy atom. The maximum atomic E-state index is 13.4. The first kappa shape index (κ1) is 18.8. The number of fused-ring (bicyclic) bond motifs is 1. The zero-order chi connectivity index (χ0) is 19.7. The van der Waals surface area contributed by atoms with Crippen LogP contribution in [0.1, 0.15) is 12.1 Å².